The first kappa shape index (κ1) is 19.5. The highest BCUT2D eigenvalue weighted by Crippen LogP contribution is 2.33. The average molecular weight is 415 g/mol. The van der Waals surface area contributed by atoms with Gasteiger partial charge in [0.2, 0.25) is 0 Å². The first-order valence-electron chi connectivity index (χ1n) is 10.5. The topological polar surface area (TPSA) is 97.3 Å². The number of fused-ring (bicyclic) bond motifs is 1. The molecular weight excluding hydrogens is 390 g/mol. The number of phenols is 1. The standard InChI is InChI=1S/C24H25N5O2/c1-15-22-20(13-21(26-23(22)28-27-15)16-7-9-19(30)10-8-16)24(31)29-12-11-18(14-29)25-17-5-3-2-4-6-17/h2-10,13,18,24-25,30-31H,11-12,14H2,1H3,(H,26,27,28). The largest absolute Gasteiger partial charge is 0.508 e. The van der Waals surface area contributed by atoms with Crippen LogP contribution in [0.5, 0.6) is 5.75 Å². The van der Waals surface area contributed by atoms with Crippen LogP contribution in [0.15, 0.2) is 60.7 Å². The number of anilines is 1. The molecule has 0 saturated carbocycles. The van der Waals surface area contributed by atoms with Crippen LogP contribution in [0, 0.1) is 6.92 Å². The molecule has 0 aliphatic carbocycles. The van der Waals surface area contributed by atoms with Crippen LogP contribution < -0.4 is 5.32 Å². The number of hydrogen-bond acceptors (Lipinski definition) is 6. The Kier molecular flexibility index (Phi) is 5.05. The summed E-state index contributed by atoms with van der Waals surface area (Å²) in [6, 6.07) is 19.3. The van der Waals surface area contributed by atoms with Crippen molar-refractivity contribution in [1.29, 1.82) is 0 Å². The van der Waals surface area contributed by atoms with Crippen LogP contribution in [0.4, 0.5) is 5.69 Å². The summed E-state index contributed by atoms with van der Waals surface area (Å²) in [5, 5.41) is 32.7. The number of pyridine rings is 1. The quantitative estimate of drug-likeness (QED) is 0.396. The van der Waals surface area contributed by atoms with Gasteiger partial charge in [0.1, 0.15) is 12.0 Å². The molecule has 2 aromatic carbocycles. The molecule has 7 heteroatoms. The van der Waals surface area contributed by atoms with Gasteiger partial charge < -0.3 is 15.5 Å². The van der Waals surface area contributed by atoms with E-state index in [-0.39, 0.29) is 11.8 Å². The lowest BCUT2D eigenvalue weighted by molar-refractivity contribution is 0.0196. The molecule has 4 aromatic rings. The van der Waals surface area contributed by atoms with Gasteiger partial charge >= 0.3 is 0 Å². The number of hydrogen-bond donors (Lipinski definition) is 4. The highest BCUT2D eigenvalue weighted by atomic mass is 16.3. The van der Waals surface area contributed by atoms with E-state index in [1.54, 1.807) is 12.1 Å². The van der Waals surface area contributed by atoms with Crippen LogP contribution >= 0.6 is 0 Å². The van der Waals surface area contributed by atoms with Gasteiger partial charge in [-0.25, -0.2) is 4.98 Å². The van der Waals surface area contributed by atoms with Crippen LogP contribution in [-0.2, 0) is 0 Å². The van der Waals surface area contributed by atoms with Gasteiger partial charge in [-0.1, -0.05) is 18.2 Å². The molecule has 31 heavy (non-hydrogen) atoms. The molecule has 7 nitrogen and oxygen atoms in total. The molecule has 2 atom stereocenters. The van der Waals surface area contributed by atoms with Crippen molar-refractivity contribution in [3.63, 3.8) is 0 Å². The van der Waals surface area contributed by atoms with Gasteiger partial charge in [0.05, 0.1) is 5.69 Å². The van der Waals surface area contributed by atoms with Crippen molar-refractivity contribution in [1.82, 2.24) is 20.1 Å². The van der Waals surface area contributed by atoms with Gasteiger partial charge in [0.25, 0.3) is 0 Å². The molecule has 5 rings (SSSR count). The maximum absolute atomic E-state index is 11.3. The smallest absolute Gasteiger partial charge is 0.182 e. The summed E-state index contributed by atoms with van der Waals surface area (Å²) >= 11 is 0. The molecule has 2 aromatic heterocycles. The van der Waals surface area contributed by atoms with Crippen molar-refractivity contribution in [3.05, 3.63) is 71.9 Å². The molecule has 1 aliphatic rings. The fourth-order valence-electron chi connectivity index (χ4n) is 4.29. The van der Waals surface area contributed by atoms with E-state index in [9.17, 15) is 10.2 Å². The number of para-hydroxylation sites is 1. The van der Waals surface area contributed by atoms with Crippen molar-refractivity contribution in [2.24, 2.45) is 0 Å². The molecule has 1 aliphatic heterocycles. The normalized spacial score (nSPS) is 17.8. The number of H-pyrrole nitrogens is 1. The third-order valence-corrected chi connectivity index (χ3v) is 5.89. The lowest BCUT2D eigenvalue weighted by Crippen LogP contribution is -2.30. The lowest BCUT2D eigenvalue weighted by Gasteiger charge is -2.24. The average Bonchev–Trinajstić information content (AvgIpc) is 3.41. The van der Waals surface area contributed by atoms with Crippen molar-refractivity contribution in [2.75, 3.05) is 18.4 Å². The Morgan fingerprint density at radius 3 is 2.68 bits per heavy atom. The van der Waals surface area contributed by atoms with Crippen LogP contribution in [0.25, 0.3) is 22.3 Å². The number of aromatic hydroxyl groups is 1. The van der Waals surface area contributed by atoms with E-state index in [1.807, 2.05) is 43.3 Å². The molecule has 3 heterocycles. The number of rotatable bonds is 5. The van der Waals surface area contributed by atoms with Crippen LogP contribution in [0.2, 0.25) is 0 Å². The van der Waals surface area contributed by atoms with Gasteiger partial charge in [-0.15, -0.1) is 0 Å². The van der Waals surface area contributed by atoms with Gasteiger partial charge in [0.15, 0.2) is 5.65 Å². The number of aliphatic hydroxyl groups excluding tert-OH is 1. The zero-order chi connectivity index (χ0) is 21.4. The Hall–Kier alpha value is -3.42. The highest BCUT2D eigenvalue weighted by molar-refractivity contribution is 5.85. The predicted molar refractivity (Wildman–Crippen MR) is 121 cm³/mol. The summed E-state index contributed by atoms with van der Waals surface area (Å²) in [6.45, 7) is 3.48. The van der Waals surface area contributed by atoms with Gasteiger partial charge in [-0.2, -0.15) is 5.10 Å². The number of aromatic amines is 1. The molecule has 0 radical (unpaired) electrons. The Labute approximate surface area is 180 Å². The maximum Gasteiger partial charge on any atom is 0.182 e. The first-order chi connectivity index (χ1) is 15.1. The minimum absolute atomic E-state index is 0.203. The predicted octanol–water partition coefficient (Wildman–Crippen LogP) is 3.82. The van der Waals surface area contributed by atoms with E-state index in [4.69, 9.17) is 0 Å². The summed E-state index contributed by atoms with van der Waals surface area (Å²) in [5.74, 6) is 0.203. The summed E-state index contributed by atoms with van der Waals surface area (Å²) in [4.78, 5) is 6.76. The third-order valence-electron chi connectivity index (χ3n) is 5.89. The van der Waals surface area contributed by atoms with E-state index in [0.29, 0.717) is 11.3 Å². The Bertz CT molecular complexity index is 1190. The van der Waals surface area contributed by atoms with Crippen LogP contribution in [0.1, 0.15) is 23.9 Å². The van der Waals surface area contributed by atoms with Gasteiger partial charge in [-0.3, -0.25) is 10.00 Å². The van der Waals surface area contributed by atoms with E-state index >= 15 is 0 Å². The number of phenolic OH excluding ortho intramolecular Hbond substituents is 1. The number of likely N-dealkylation sites (tertiary alicyclic amines) is 1. The number of benzene rings is 2. The second-order valence-corrected chi connectivity index (χ2v) is 8.06. The molecular formula is C24H25N5O2. The molecule has 0 spiro atoms. The summed E-state index contributed by atoms with van der Waals surface area (Å²) in [5.41, 5.74) is 4.92. The van der Waals surface area contributed by atoms with E-state index in [0.717, 1.165) is 47.4 Å². The minimum atomic E-state index is -0.764. The van der Waals surface area contributed by atoms with Gasteiger partial charge in [-0.05, 0) is 55.8 Å². The van der Waals surface area contributed by atoms with Crippen molar-refractivity contribution < 1.29 is 10.2 Å². The summed E-state index contributed by atoms with van der Waals surface area (Å²) in [6.07, 6.45) is 0.190. The SMILES string of the molecule is Cc1[nH]nc2nc(-c3ccc(O)cc3)cc(C(O)N3CCC(Nc4ccccc4)C3)c12. The number of nitrogens with one attached hydrogen (secondary N) is 2. The Balaban J connectivity index is 1.44. The Morgan fingerprint density at radius 1 is 1.13 bits per heavy atom. The second kappa shape index (κ2) is 8.02. The monoisotopic (exact) mass is 415 g/mol. The minimum Gasteiger partial charge on any atom is -0.508 e. The summed E-state index contributed by atoms with van der Waals surface area (Å²) < 4.78 is 0. The van der Waals surface area contributed by atoms with E-state index in [2.05, 4.69) is 37.5 Å². The van der Waals surface area contributed by atoms with Gasteiger partial charge in [0, 0.05) is 47.0 Å². The fraction of sp³-hybridized carbons (Fsp3) is 0.250. The van der Waals surface area contributed by atoms with E-state index in [1.165, 1.54) is 0 Å². The number of nitrogens with zero attached hydrogens (tertiary/aromatic N) is 3. The molecule has 2 unspecified atom stereocenters. The van der Waals surface area contributed by atoms with Crippen LogP contribution in [0.3, 0.4) is 0 Å². The first-order valence-corrected chi connectivity index (χ1v) is 10.5. The van der Waals surface area contributed by atoms with E-state index < -0.39 is 6.23 Å². The highest BCUT2D eigenvalue weighted by Gasteiger charge is 2.30. The summed E-state index contributed by atoms with van der Waals surface area (Å²) in [7, 11) is 0. The fourth-order valence-corrected chi connectivity index (χ4v) is 4.29. The number of aliphatic hydroxyl groups is 1. The maximum atomic E-state index is 11.3. The number of aromatic nitrogens is 3. The Morgan fingerprint density at radius 2 is 1.90 bits per heavy atom. The molecule has 4 N–H and O–H groups in total. The molecule has 0 bridgehead atoms. The van der Waals surface area contributed by atoms with Crippen molar-refractivity contribution >= 4 is 16.7 Å². The molecule has 1 saturated heterocycles. The van der Waals surface area contributed by atoms with Crippen molar-refractivity contribution in [2.45, 2.75) is 25.6 Å². The zero-order valence-corrected chi connectivity index (χ0v) is 17.3. The second-order valence-electron chi connectivity index (χ2n) is 8.06. The third kappa shape index (κ3) is 3.85. The zero-order valence-electron chi connectivity index (χ0n) is 17.3. The lowest BCUT2D eigenvalue weighted by atomic mass is 10.0. The molecule has 1 fully saturated rings. The number of aryl methyl sites for hydroxylation is 1. The molecule has 158 valence electrons. The van der Waals surface area contributed by atoms with Crippen LogP contribution in [-0.4, -0.2) is 49.4 Å². The van der Waals surface area contributed by atoms with Crippen molar-refractivity contribution in [3.8, 4) is 17.0 Å². The molecule has 0 amide bonds.